The largest absolute Gasteiger partial charge is 0.463 e. The minimum absolute atomic E-state index is 0.0780. The van der Waals surface area contributed by atoms with Gasteiger partial charge in [0.2, 0.25) is 29.5 Å². The Morgan fingerprint density at radius 3 is 2.41 bits per heavy atom. The number of nitrogens with zero attached hydrogens (tertiary/aromatic N) is 1. The van der Waals surface area contributed by atoms with Gasteiger partial charge < -0.3 is 37.5 Å². The smallest absolute Gasteiger partial charge is 0.312 e. The third kappa shape index (κ3) is 13.0. The van der Waals surface area contributed by atoms with Crippen LogP contribution in [-0.4, -0.2) is 89.7 Å². The van der Waals surface area contributed by atoms with E-state index in [1.807, 2.05) is 0 Å². The molecule has 1 saturated heterocycles. The fraction of sp³-hybridized carbons (Fsp3) is 0.567. The van der Waals surface area contributed by atoms with Gasteiger partial charge in [0.15, 0.2) is 0 Å². The zero-order valence-corrected chi connectivity index (χ0v) is 27.1. The number of nitrogens with two attached hydrogens (primary N) is 2. The third-order valence-electron chi connectivity index (χ3n) is 7.08. The number of unbranched alkanes of at least 4 members (excludes halogenated alkanes) is 1. The van der Waals surface area contributed by atoms with Crippen LogP contribution in [0.25, 0.3) is 0 Å². The highest BCUT2D eigenvalue weighted by Gasteiger charge is 2.38. The van der Waals surface area contributed by atoms with Crippen LogP contribution in [0.15, 0.2) is 24.3 Å². The van der Waals surface area contributed by atoms with Crippen LogP contribution in [0.1, 0.15) is 57.9 Å². The Kier molecular flexibility index (Phi) is 16.6. The van der Waals surface area contributed by atoms with Gasteiger partial charge in [-0.25, -0.2) is 4.79 Å². The molecule has 1 aromatic carbocycles. The summed E-state index contributed by atoms with van der Waals surface area (Å²) in [6.07, 6.45) is 1.56. The minimum atomic E-state index is -0.999. The molecule has 8 N–H and O–H groups in total. The van der Waals surface area contributed by atoms with Gasteiger partial charge in [-0.15, -0.1) is 11.8 Å². The summed E-state index contributed by atoms with van der Waals surface area (Å²) in [6, 6.07) is 3.95. The SMILES string of the molecule is CC(C)[C@H](NC(=O)CCCCN1C(=O)CC(SCCN)C1=O)C(=O)N[C@@H](CCCNC(N)=O)C(=O)Nc1ccc(COC=O)cc1. The number of ether oxygens (including phenoxy) is 1. The van der Waals surface area contributed by atoms with Crippen LogP contribution >= 0.6 is 11.8 Å². The highest BCUT2D eigenvalue weighted by molar-refractivity contribution is 8.00. The van der Waals surface area contributed by atoms with E-state index in [0.717, 1.165) is 0 Å². The summed E-state index contributed by atoms with van der Waals surface area (Å²) in [5, 5.41) is 10.2. The molecule has 1 fully saturated rings. The number of urea groups is 1. The number of thioether (sulfide) groups is 1. The average molecular weight is 664 g/mol. The van der Waals surface area contributed by atoms with E-state index in [0.29, 0.717) is 49.3 Å². The zero-order chi connectivity index (χ0) is 34.1. The Labute approximate surface area is 272 Å². The number of hydrogen-bond acceptors (Lipinski definition) is 10. The Bertz CT molecular complexity index is 1210. The van der Waals surface area contributed by atoms with Gasteiger partial charge in [-0.3, -0.25) is 33.7 Å². The highest BCUT2D eigenvalue weighted by atomic mass is 32.2. The van der Waals surface area contributed by atoms with E-state index in [-0.39, 0.29) is 62.6 Å². The lowest BCUT2D eigenvalue weighted by Gasteiger charge is -2.25. The van der Waals surface area contributed by atoms with Gasteiger partial charge in [-0.1, -0.05) is 26.0 Å². The van der Waals surface area contributed by atoms with Crippen molar-refractivity contribution in [3.8, 4) is 0 Å². The molecule has 0 radical (unpaired) electrons. The van der Waals surface area contributed by atoms with Crippen LogP contribution in [0.5, 0.6) is 0 Å². The van der Waals surface area contributed by atoms with E-state index in [4.69, 9.17) is 16.2 Å². The summed E-state index contributed by atoms with van der Waals surface area (Å²) in [7, 11) is 0. The molecule has 1 aromatic rings. The topological polar surface area (TPSA) is 232 Å². The molecule has 0 saturated carbocycles. The van der Waals surface area contributed by atoms with Crippen molar-refractivity contribution in [3.05, 3.63) is 29.8 Å². The van der Waals surface area contributed by atoms with Crippen LogP contribution in [-0.2, 0) is 40.1 Å². The maximum atomic E-state index is 13.3. The van der Waals surface area contributed by atoms with Crippen molar-refractivity contribution in [1.29, 1.82) is 0 Å². The molecule has 0 aromatic heterocycles. The standard InChI is InChI=1S/C30H45N7O8S/c1-19(2)26(36-24(39)7-3-4-14-37-25(40)16-23(29(37)43)46-15-12-31)28(42)35-22(6-5-13-33-30(32)44)27(41)34-21-10-8-20(9-11-21)17-45-18-38/h8-11,18-19,22-23,26H,3-7,12-17,31H2,1-2H3,(H,34,41)(H,35,42)(H,36,39)(H3,32,33,44)/t22-,23?,26-/m0/s1. The van der Waals surface area contributed by atoms with E-state index in [1.165, 1.54) is 16.7 Å². The molecule has 7 amide bonds. The fourth-order valence-electron chi connectivity index (χ4n) is 4.66. The molecule has 46 heavy (non-hydrogen) atoms. The molecule has 16 heteroatoms. The van der Waals surface area contributed by atoms with Crippen molar-refractivity contribution in [2.24, 2.45) is 17.4 Å². The first kappa shape index (κ1) is 38.0. The Morgan fingerprint density at radius 1 is 1.07 bits per heavy atom. The van der Waals surface area contributed by atoms with Crippen LogP contribution < -0.4 is 32.7 Å². The van der Waals surface area contributed by atoms with Gasteiger partial charge in [0.05, 0.1) is 5.25 Å². The Hall–Kier alpha value is -4.18. The Morgan fingerprint density at radius 2 is 1.78 bits per heavy atom. The van der Waals surface area contributed by atoms with E-state index in [9.17, 15) is 33.6 Å². The van der Waals surface area contributed by atoms with E-state index < -0.39 is 35.2 Å². The van der Waals surface area contributed by atoms with Crippen molar-refractivity contribution >= 4 is 59.5 Å². The highest BCUT2D eigenvalue weighted by Crippen LogP contribution is 2.25. The number of hydrogen-bond donors (Lipinski definition) is 6. The zero-order valence-electron chi connectivity index (χ0n) is 26.3. The molecule has 0 aliphatic carbocycles. The normalized spacial score (nSPS) is 15.7. The van der Waals surface area contributed by atoms with Crippen LogP contribution in [0.2, 0.25) is 0 Å². The first-order valence-corrected chi connectivity index (χ1v) is 16.3. The Balaban J connectivity index is 1.94. The summed E-state index contributed by atoms with van der Waals surface area (Å²) < 4.78 is 4.72. The molecule has 3 atom stereocenters. The molecule has 2 rings (SSSR count). The molecule has 0 spiro atoms. The van der Waals surface area contributed by atoms with Crippen LogP contribution in [0.3, 0.4) is 0 Å². The monoisotopic (exact) mass is 663 g/mol. The van der Waals surface area contributed by atoms with Crippen LogP contribution in [0.4, 0.5) is 10.5 Å². The molecule has 1 heterocycles. The maximum absolute atomic E-state index is 13.3. The van der Waals surface area contributed by atoms with Crippen molar-refractivity contribution in [1.82, 2.24) is 20.9 Å². The second kappa shape index (κ2) is 20.0. The number of amides is 7. The van der Waals surface area contributed by atoms with Gasteiger partial charge in [0, 0.05) is 43.9 Å². The number of rotatable bonds is 21. The molecule has 15 nitrogen and oxygen atoms in total. The van der Waals surface area contributed by atoms with Crippen LogP contribution in [0, 0.1) is 5.92 Å². The first-order valence-electron chi connectivity index (χ1n) is 15.2. The van der Waals surface area contributed by atoms with E-state index >= 15 is 0 Å². The van der Waals surface area contributed by atoms with E-state index in [1.54, 1.807) is 38.1 Å². The predicted octanol–water partition coefficient (Wildman–Crippen LogP) is 0.362. The molecular formula is C30H45N7O8S. The average Bonchev–Trinajstić information content (AvgIpc) is 3.28. The summed E-state index contributed by atoms with van der Waals surface area (Å²) in [5.74, 6) is -1.62. The lowest BCUT2D eigenvalue weighted by molar-refractivity contribution is -0.138. The maximum Gasteiger partial charge on any atom is 0.312 e. The number of benzene rings is 1. The number of imide groups is 1. The molecule has 1 aliphatic rings. The molecule has 0 bridgehead atoms. The lowest BCUT2D eigenvalue weighted by Crippen LogP contribution is -2.54. The first-order chi connectivity index (χ1) is 22.0. The van der Waals surface area contributed by atoms with E-state index in [2.05, 4.69) is 21.3 Å². The van der Waals surface area contributed by atoms with Crippen molar-refractivity contribution in [2.75, 3.05) is 30.7 Å². The minimum Gasteiger partial charge on any atom is -0.463 e. The third-order valence-corrected chi connectivity index (χ3v) is 8.32. The van der Waals surface area contributed by atoms with Crippen molar-refractivity contribution in [2.45, 2.75) is 76.3 Å². The number of carbonyl (C=O) groups excluding carboxylic acids is 7. The van der Waals surface area contributed by atoms with Gasteiger partial charge in [0.25, 0.3) is 6.47 Å². The lowest BCUT2D eigenvalue weighted by atomic mass is 10.0. The van der Waals surface area contributed by atoms with Gasteiger partial charge in [-0.2, -0.15) is 0 Å². The number of primary amides is 1. The second-order valence-electron chi connectivity index (χ2n) is 11.1. The second-order valence-corrected chi connectivity index (χ2v) is 12.4. The van der Waals surface area contributed by atoms with Gasteiger partial charge >= 0.3 is 6.03 Å². The number of carbonyl (C=O) groups is 7. The summed E-state index contributed by atoms with van der Waals surface area (Å²) in [5.41, 5.74) is 11.8. The predicted molar refractivity (Wildman–Crippen MR) is 172 cm³/mol. The molecule has 1 aliphatic heterocycles. The number of likely N-dealkylation sites (tertiary alicyclic amines) is 1. The molecule has 1 unspecified atom stereocenters. The number of anilines is 1. The molecule has 254 valence electrons. The fourth-order valence-corrected chi connectivity index (χ4v) is 5.61. The van der Waals surface area contributed by atoms with Gasteiger partial charge in [0.1, 0.15) is 18.7 Å². The summed E-state index contributed by atoms with van der Waals surface area (Å²) >= 11 is 1.37. The van der Waals surface area contributed by atoms with Crippen molar-refractivity contribution in [3.63, 3.8) is 0 Å². The number of nitrogens with one attached hydrogen (secondary N) is 4. The summed E-state index contributed by atoms with van der Waals surface area (Å²) in [4.78, 5) is 86.7. The summed E-state index contributed by atoms with van der Waals surface area (Å²) in [6.45, 7) is 4.77. The molecular weight excluding hydrogens is 618 g/mol. The van der Waals surface area contributed by atoms with Gasteiger partial charge in [-0.05, 0) is 49.3 Å². The van der Waals surface area contributed by atoms with Crippen molar-refractivity contribution < 1.29 is 38.3 Å². The quantitative estimate of drug-likeness (QED) is 0.0601.